The summed E-state index contributed by atoms with van der Waals surface area (Å²) >= 11 is 0. The zero-order valence-electron chi connectivity index (χ0n) is 19.7. The number of hydrogen-bond donors (Lipinski definition) is 2. The molecule has 0 saturated heterocycles. The molecule has 1 aliphatic rings. The van der Waals surface area contributed by atoms with Crippen LogP contribution in [-0.4, -0.2) is 55.4 Å². The fourth-order valence-corrected chi connectivity index (χ4v) is 4.14. The molecule has 6 nitrogen and oxygen atoms in total. The van der Waals surface area contributed by atoms with Gasteiger partial charge in [0.1, 0.15) is 0 Å². The van der Waals surface area contributed by atoms with Crippen molar-refractivity contribution in [2.45, 2.75) is 51.0 Å². The van der Waals surface area contributed by atoms with Crippen LogP contribution in [0.3, 0.4) is 0 Å². The molecule has 0 spiro atoms. The predicted octanol–water partition coefficient (Wildman–Crippen LogP) is 3.31. The van der Waals surface area contributed by atoms with Gasteiger partial charge in [0.2, 0.25) is 5.91 Å². The molecule has 1 heterocycles. The lowest BCUT2D eigenvalue weighted by molar-refractivity contribution is -0.121. The SMILES string of the molecule is CNC(=O)c1ccc(C[C@@H](CNC(=O)C[C@H](CC2CC2)c2cccnc2)N(C)C)c(C)c1. The third-order valence-electron chi connectivity index (χ3n) is 6.45. The number of aromatic nitrogens is 1. The number of pyridine rings is 1. The van der Waals surface area contributed by atoms with Crippen molar-refractivity contribution in [3.63, 3.8) is 0 Å². The number of nitrogens with one attached hydrogen (secondary N) is 2. The van der Waals surface area contributed by atoms with Crippen molar-refractivity contribution in [2.24, 2.45) is 5.92 Å². The van der Waals surface area contributed by atoms with Crippen LogP contribution in [0.5, 0.6) is 0 Å². The normalized spacial score (nSPS) is 15.3. The lowest BCUT2D eigenvalue weighted by Gasteiger charge is -2.26. The van der Waals surface area contributed by atoms with Gasteiger partial charge in [-0.1, -0.05) is 25.0 Å². The van der Waals surface area contributed by atoms with Gasteiger partial charge in [-0.15, -0.1) is 0 Å². The zero-order chi connectivity index (χ0) is 23.1. The number of carbonyl (C=O) groups excluding carboxylic acids is 2. The first-order valence-electron chi connectivity index (χ1n) is 11.5. The molecule has 172 valence electrons. The molecule has 1 saturated carbocycles. The highest BCUT2D eigenvalue weighted by Gasteiger charge is 2.28. The van der Waals surface area contributed by atoms with Crippen LogP contribution in [0, 0.1) is 12.8 Å². The van der Waals surface area contributed by atoms with Crippen LogP contribution in [0.15, 0.2) is 42.7 Å². The summed E-state index contributed by atoms with van der Waals surface area (Å²) in [5, 5.41) is 5.84. The van der Waals surface area contributed by atoms with Crippen molar-refractivity contribution in [3.8, 4) is 0 Å². The average molecular weight is 437 g/mol. The Morgan fingerprint density at radius 1 is 1.22 bits per heavy atom. The smallest absolute Gasteiger partial charge is 0.251 e. The topological polar surface area (TPSA) is 74.3 Å². The highest BCUT2D eigenvalue weighted by molar-refractivity contribution is 5.94. The Hall–Kier alpha value is -2.73. The largest absolute Gasteiger partial charge is 0.355 e. The molecule has 3 rings (SSSR count). The quantitative estimate of drug-likeness (QED) is 0.567. The lowest BCUT2D eigenvalue weighted by Crippen LogP contribution is -2.42. The molecule has 1 fully saturated rings. The van der Waals surface area contributed by atoms with E-state index in [1.54, 1.807) is 13.2 Å². The molecule has 32 heavy (non-hydrogen) atoms. The molecule has 0 unspecified atom stereocenters. The summed E-state index contributed by atoms with van der Waals surface area (Å²) in [6.45, 7) is 2.62. The molecular weight excluding hydrogens is 400 g/mol. The van der Waals surface area contributed by atoms with Crippen LogP contribution in [-0.2, 0) is 11.2 Å². The van der Waals surface area contributed by atoms with E-state index in [-0.39, 0.29) is 23.8 Å². The van der Waals surface area contributed by atoms with Crippen molar-refractivity contribution < 1.29 is 9.59 Å². The number of nitrogens with zero attached hydrogens (tertiary/aromatic N) is 2. The second-order valence-electron chi connectivity index (χ2n) is 9.21. The lowest BCUT2D eigenvalue weighted by atomic mass is 9.91. The van der Waals surface area contributed by atoms with E-state index in [4.69, 9.17) is 0 Å². The van der Waals surface area contributed by atoms with Gasteiger partial charge in [0.05, 0.1) is 0 Å². The van der Waals surface area contributed by atoms with Gasteiger partial charge in [-0.3, -0.25) is 14.6 Å². The molecule has 2 atom stereocenters. The monoisotopic (exact) mass is 436 g/mol. The molecule has 1 aliphatic carbocycles. The van der Waals surface area contributed by atoms with Crippen LogP contribution in [0.2, 0.25) is 0 Å². The van der Waals surface area contributed by atoms with Gasteiger partial charge < -0.3 is 15.5 Å². The van der Waals surface area contributed by atoms with Crippen LogP contribution in [0.25, 0.3) is 0 Å². The minimum absolute atomic E-state index is 0.0783. The van der Waals surface area contributed by atoms with Crippen molar-refractivity contribution in [2.75, 3.05) is 27.7 Å². The summed E-state index contributed by atoms with van der Waals surface area (Å²) in [7, 11) is 5.72. The molecule has 2 amide bonds. The third kappa shape index (κ3) is 6.89. The summed E-state index contributed by atoms with van der Waals surface area (Å²) in [6, 6.07) is 10.0. The number of benzene rings is 1. The summed E-state index contributed by atoms with van der Waals surface area (Å²) < 4.78 is 0. The van der Waals surface area contributed by atoms with Gasteiger partial charge in [-0.25, -0.2) is 0 Å². The molecule has 0 radical (unpaired) electrons. The van der Waals surface area contributed by atoms with Crippen LogP contribution in [0.4, 0.5) is 0 Å². The Morgan fingerprint density at radius 3 is 2.59 bits per heavy atom. The van der Waals surface area contributed by atoms with E-state index in [0.29, 0.717) is 18.5 Å². The first kappa shape index (κ1) is 23.9. The second-order valence-corrected chi connectivity index (χ2v) is 9.21. The first-order valence-corrected chi connectivity index (χ1v) is 11.5. The van der Waals surface area contributed by atoms with Gasteiger partial charge in [-0.05, 0) is 80.6 Å². The second kappa shape index (κ2) is 11.2. The van der Waals surface area contributed by atoms with E-state index in [1.165, 1.54) is 18.4 Å². The number of amides is 2. The average Bonchev–Trinajstić information content (AvgIpc) is 3.61. The fraction of sp³-hybridized carbons (Fsp3) is 0.500. The molecule has 1 aromatic carbocycles. The highest BCUT2D eigenvalue weighted by atomic mass is 16.2. The Bertz CT molecular complexity index is 909. The summed E-state index contributed by atoms with van der Waals surface area (Å²) in [5.41, 5.74) is 4.10. The van der Waals surface area contributed by atoms with Gasteiger partial charge in [0, 0.05) is 44.0 Å². The maximum Gasteiger partial charge on any atom is 0.251 e. The Morgan fingerprint density at radius 2 is 2.00 bits per heavy atom. The molecular formula is C26H36N4O2. The first-order chi connectivity index (χ1) is 15.4. The van der Waals surface area contributed by atoms with E-state index in [9.17, 15) is 9.59 Å². The maximum atomic E-state index is 12.8. The van der Waals surface area contributed by atoms with E-state index in [2.05, 4.69) is 26.6 Å². The van der Waals surface area contributed by atoms with Crippen molar-refractivity contribution in [3.05, 3.63) is 65.0 Å². The van der Waals surface area contributed by atoms with E-state index in [1.807, 2.05) is 51.5 Å². The van der Waals surface area contributed by atoms with Gasteiger partial charge >= 0.3 is 0 Å². The van der Waals surface area contributed by atoms with Gasteiger partial charge in [0.25, 0.3) is 5.91 Å². The molecule has 6 heteroatoms. The maximum absolute atomic E-state index is 12.8. The Labute approximate surface area is 191 Å². The van der Waals surface area contributed by atoms with Crippen LogP contribution >= 0.6 is 0 Å². The van der Waals surface area contributed by atoms with Crippen molar-refractivity contribution >= 4 is 11.8 Å². The standard InChI is InChI=1S/C26H36N4O2/c1-18-12-21(26(32)27-2)10-9-20(18)14-24(30(3)4)17-29-25(31)15-23(13-19-7-8-19)22-6-5-11-28-16-22/h5-6,9-12,16,19,23-24H,7-8,13-15,17H2,1-4H3,(H,27,32)(H,29,31)/t23-,24-/m0/s1. The number of rotatable bonds is 11. The summed E-state index contributed by atoms with van der Waals surface area (Å²) in [4.78, 5) is 31.1. The van der Waals surface area contributed by atoms with Gasteiger partial charge in [0.15, 0.2) is 0 Å². The van der Waals surface area contributed by atoms with Crippen LogP contribution in [0.1, 0.15) is 58.6 Å². The molecule has 0 aliphatic heterocycles. The van der Waals surface area contributed by atoms with E-state index >= 15 is 0 Å². The number of carbonyl (C=O) groups is 2. The van der Waals surface area contributed by atoms with E-state index < -0.39 is 0 Å². The van der Waals surface area contributed by atoms with Crippen molar-refractivity contribution in [1.82, 2.24) is 20.5 Å². The minimum Gasteiger partial charge on any atom is -0.355 e. The third-order valence-corrected chi connectivity index (χ3v) is 6.45. The number of aryl methyl sites for hydroxylation is 1. The predicted molar refractivity (Wildman–Crippen MR) is 128 cm³/mol. The Balaban J connectivity index is 1.59. The zero-order valence-corrected chi connectivity index (χ0v) is 19.7. The van der Waals surface area contributed by atoms with Crippen LogP contribution < -0.4 is 10.6 Å². The molecule has 2 aromatic rings. The molecule has 0 bridgehead atoms. The minimum atomic E-state index is -0.0783. The summed E-state index contributed by atoms with van der Waals surface area (Å²) in [6.07, 6.45) is 8.60. The van der Waals surface area contributed by atoms with E-state index in [0.717, 1.165) is 29.9 Å². The highest BCUT2D eigenvalue weighted by Crippen LogP contribution is 2.39. The Kier molecular flexibility index (Phi) is 8.39. The summed E-state index contributed by atoms with van der Waals surface area (Å²) in [5.74, 6) is 1.00. The van der Waals surface area contributed by atoms with Gasteiger partial charge in [-0.2, -0.15) is 0 Å². The number of likely N-dealkylation sites (N-methyl/N-ethyl adjacent to an activating group) is 1. The molecule has 2 N–H and O–H groups in total. The number of hydrogen-bond acceptors (Lipinski definition) is 4. The van der Waals surface area contributed by atoms with Crippen molar-refractivity contribution in [1.29, 1.82) is 0 Å². The fourth-order valence-electron chi connectivity index (χ4n) is 4.14. The molecule has 1 aromatic heterocycles.